The molecule has 0 aromatic heterocycles. The van der Waals surface area contributed by atoms with E-state index in [1.807, 2.05) is 7.05 Å². The van der Waals surface area contributed by atoms with Crippen LogP contribution >= 0.6 is 0 Å². The molecule has 0 bridgehead atoms. The minimum atomic E-state index is 0.151. The Labute approximate surface area is 149 Å². The van der Waals surface area contributed by atoms with E-state index in [1.165, 1.54) is 16.3 Å². The number of nitrogens with zero attached hydrogens (tertiary/aromatic N) is 1. The van der Waals surface area contributed by atoms with Crippen LogP contribution in [0.4, 0.5) is 0 Å². The fraction of sp³-hybridized carbons (Fsp3) is 0.476. The Morgan fingerprint density at radius 2 is 2.00 bits per heavy atom. The monoisotopic (exact) mass is 337 g/mol. The highest BCUT2D eigenvalue weighted by atomic mass is 16.5. The molecule has 2 aromatic rings. The van der Waals surface area contributed by atoms with Crippen molar-refractivity contribution in [1.82, 2.24) is 10.6 Å². The Kier molecular flexibility index (Phi) is 4.16. The molecule has 0 spiro atoms. The quantitative estimate of drug-likeness (QED) is 0.667. The van der Waals surface area contributed by atoms with Crippen molar-refractivity contribution in [3.05, 3.63) is 48.0 Å². The third-order valence-electron chi connectivity index (χ3n) is 5.94. The minimum absolute atomic E-state index is 0.151. The zero-order valence-electron chi connectivity index (χ0n) is 15.3. The number of rotatable bonds is 3. The molecule has 25 heavy (non-hydrogen) atoms. The number of ether oxygens (including phenoxy) is 1. The maximum Gasteiger partial charge on any atom is 0.191 e. The molecule has 4 nitrogen and oxygen atoms in total. The van der Waals surface area contributed by atoms with Crippen LogP contribution in [0.15, 0.2) is 47.5 Å². The first-order valence-electron chi connectivity index (χ1n) is 9.16. The molecule has 1 saturated heterocycles. The third-order valence-corrected chi connectivity index (χ3v) is 5.94. The van der Waals surface area contributed by atoms with Gasteiger partial charge in [0.05, 0.1) is 6.10 Å². The molecule has 0 amide bonds. The second kappa shape index (κ2) is 6.34. The predicted octanol–water partition coefficient (Wildman–Crippen LogP) is 3.32. The van der Waals surface area contributed by atoms with Crippen LogP contribution in [0.5, 0.6) is 0 Å². The van der Waals surface area contributed by atoms with Crippen molar-refractivity contribution >= 4 is 16.7 Å². The van der Waals surface area contributed by atoms with Crippen molar-refractivity contribution in [1.29, 1.82) is 0 Å². The fourth-order valence-corrected chi connectivity index (χ4v) is 4.58. The molecule has 3 unspecified atom stereocenters. The third kappa shape index (κ3) is 2.78. The van der Waals surface area contributed by atoms with E-state index >= 15 is 0 Å². The van der Waals surface area contributed by atoms with E-state index in [9.17, 15) is 0 Å². The normalized spacial score (nSPS) is 27.6. The van der Waals surface area contributed by atoms with Crippen LogP contribution in [0.1, 0.15) is 25.8 Å². The highest BCUT2D eigenvalue weighted by molar-refractivity contribution is 5.86. The van der Waals surface area contributed by atoms with Gasteiger partial charge in [0.1, 0.15) is 0 Å². The first kappa shape index (κ1) is 16.4. The molecule has 3 atom stereocenters. The van der Waals surface area contributed by atoms with Gasteiger partial charge in [-0.1, -0.05) is 56.3 Å². The average molecular weight is 337 g/mol. The Hall–Kier alpha value is -2.07. The Bertz CT molecular complexity index is 793. The maximum absolute atomic E-state index is 5.89. The Morgan fingerprint density at radius 1 is 1.20 bits per heavy atom. The second-order valence-corrected chi connectivity index (χ2v) is 7.75. The van der Waals surface area contributed by atoms with E-state index < -0.39 is 0 Å². The van der Waals surface area contributed by atoms with Gasteiger partial charge in [-0.2, -0.15) is 0 Å². The van der Waals surface area contributed by atoms with Gasteiger partial charge in [0.2, 0.25) is 0 Å². The van der Waals surface area contributed by atoms with Crippen LogP contribution in [-0.2, 0) is 11.3 Å². The average Bonchev–Trinajstić information content (AvgIpc) is 3.09. The summed E-state index contributed by atoms with van der Waals surface area (Å²) in [5, 5.41) is 9.70. The van der Waals surface area contributed by atoms with Crippen LogP contribution in [0.2, 0.25) is 0 Å². The zero-order chi connectivity index (χ0) is 17.4. The van der Waals surface area contributed by atoms with Gasteiger partial charge >= 0.3 is 0 Å². The van der Waals surface area contributed by atoms with Crippen molar-refractivity contribution in [2.75, 3.05) is 13.7 Å². The van der Waals surface area contributed by atoms with Crippen molar-refractivity contribution in [2.24, 2.45) is 16.3 Å². The molecule has 2 aliphatic rings. The van der Waals surface area contributed by atoms with E-state index in [-0.39, 0.29) is 5.41 Å². The van der Waals surface area contributed by atoms with E-state index in [2.05, 4.69) is 71.9 Å². The van der Waals surface area contributed by atoms with Crippen LogP contribution in [0.3, 0.4) is 0 Å². The van der Waals surface area contributed by atoms with Crippen molar-refractivity contribution in [2.45, 2.75) is 39.0 Å². The topological polar surface area (TPSA) is 45.7 Å². The van der Waals surface area contributed by atoms with Crippen molar-refractivity contribution < 1.29 is 4.74 Å². The molecule has 1 saturated carbocycles. The summed E-state index contributed by atoms with van der Waals surface area (Å²) in [6.07, 6.45) is 1.53. The van der Waals surface area contributed by atoms with E-state index in [1.54, 1.807) is 0 Å². The summed E-state index contributed by atoms with van der Waals surface area (Å²) in [7, 11) is 1.84. The number of guanidine groups is 1. The van der Waals surface area contributed by atoms with E-state index in [4.69, 9.17) is 4.74 Å². The number of aliphatic imine (C=N–C) groups is 1. The fourth-order valence-electron chi connectivity index (χ4n) is 4.58. The summed E-state index contributed by atoms with van der Waals surface area (Å²) in [6.45, 7) is 6.22. The maximum atomic E-state index is 5.89. The van der Waals surface area contributed by atoms with Gasteiger partial charge in [-0.05, 0) is 22.8 Å². The Balaban J connectivity index is 1.44. The van der Waals surface area contributed by atoms with Gasteiger partial charge in [-0.15, -0.1) is 0 Å². The van der Waals surface area contributed by atoms with Crippen molar-refractivity contribution in [3.8, 4) is 0 Å². The molecule has 1 heterocycles. The predicted molar refractivity (Wildman–Crippen MR) is 103 cm³/mol. The SMILES string of the molecule is CN=C(NCc1cccc2ccccc12)NC1C2CCOC2C1(C)C. The smallest absolute Gasteiger partial charge is 0.191 e. The molecular weight excluding hydrogens is 310 g/mol. The first-order valence-corrected chi connectivity index (χ1v) is 9.16. The second-order valence-electron chi connectivity index (χ2n) is 7.75. The summed E-state index contributed by atoms with van der Waals surface area (Å²) in [6, 6.07) is 15.4. The van der Waals surface area contributed by atoms with Gasteiger partial charge in [0.25, 0.3) is 0 Å². The zero-order valence-corrected chi connectivity index (χ0v) is 15.3. The van der Waals surface area contributed by atoms with Gasteiger partial charge in [-0.3, -0.25) is 4.99 Å². The summed E-state index contributed by atoms with van der Waals surface area (Å²) in [4.78, 5) is 4.44. The number of hydrogen-bond donors (Lipinski definition) is 2. The molecule has 1 aliphatic carbocycles. The molecule has 4 rings (SSSR count). The van der Waals surface area contributed by atoms with Gasteiger partial charge < -0.3 is 15.4 Å². The number of benzene rings is 2. The number of fused-ring (bicyclic) bond motifs is 2. The highest BCUT2D eigenvalue weighted by Crippen LogP contribution is 2.52. The minimum Gasteiger partial charge on any atom is -0.377 e. The van der Waals surface area contributed by atoms with Crippen LogP contribution in [0, 0.1) is 11.3 Å². The molecule has 0 radical (unpaired) electrons. The van der Waals surface area contributed by atoms with Gasteiger partial charge in [0.15, 0.2) is 5.96 Å². The summed E-state index contributed by atoms with van der Waals surface area (Å²) in [5.41, 5.74) is 1.44. The molecular formula is C21H27N3O. The Morgan fingerprint density at radius 3 is 2.84 bits per heavy atom. The number of nitrogens with one attached hydrogen (secondary N) is 2. The molecule has 2 aromatic carbocycles. The number of hydrogen-bond acceptors (Lipinski definition) is 2. The summed E-state index contributed by atoms with van der Waals surface area (Å²) >= 11 is 0. The molecule has 2 N–H and O–H groups in total. The standard InChI is InChI=1S/C21H27N3O/c1-21(2)18(17-11-12-25-19(17)21)24-20(22-3)23-13-15-9-6-8-14-7-4-5-10-16(14)15/h4-10,17-19H,11-13H2,1-3H3,(H2,22,23,24). The summed E-state index contributed by atoms with van der Waals surface area (Å²) < 4.78 is 5.89. The lowest BCUT2D eigenvalue weighted by Gasteiger charge is -2.54. The molecule has 132 valence electrons. The molecule has 2 fully saturated rings. The molecule has 1 aliphatic heterocycles. The van der Waals surface area contributed by atoms with E-state index in [0.717, 1.165) is 25.5 Å². The van der Waals surface area contributed by atoms with Gasteiger partial charge in [-0.25, -0.2) is 0 Å². The van der Waals surface area contributed by atoms with E-state index in [0.29, 0.717) is 18.1 Å². The highest BCUT2D eigenvalue weighted by Gasteiger charge is 2.59. The lowest BCUT2D eigenvalue weighted by atomic mass is 9.57. The molecule has 4 heteroatoms. The van der Waals surface area contributed by atoms with Gasteiger partial charge in [0, 0.05) is 37.6 Å². The van der Waals surface area contributed by atoms with Crippen LogP contribution in [0.25, 0.3) is 10.8 Å². The first-order chi connectivity index (χ1) is 12.1. The van der Waals surface area contributed by atoms with Crippen LogP contribution in [-0.4, -0.2) is 31.8 Å². The lowest BCUT2D eigenvalue weighted by molar-refractivity contribution is -0.106. The summed E-state index contributed by atoms with van der Waals surface area (Å²) in [5.74, 6) is 1.47. The van der Waals surface area contributed by atoms with Crippen LogP contribution < -0.4 is 10.6 Å². The van der Waals surface area contributed by atoms with Crippen molar-refractivity contribution in [3.63, 3.8) is 0 Å². The largest absolute Gasteiger partial charge is 0.377 e. The lowest BCUT2D eigenvalue weighted by Crippen LogP contribution is -2.67.